The Bertz CT molecular complexity index is 363. The maximum absolute atomic E-state index is 5.77. The first kappa shape index (κ1) is 11.7. The number of anilines is 2. The quantitative estimate of drug-likeness (QED) is 0.868. The fourth-order valence-corrected chi connectivity index (χ4v) is 3.12. The summed E-state index contributed by atoms with van der Waals surface area (Å²) < 4.78 is 4.19. The van der Waals surface area contributed by atoms with Crippen LogP contribution in [0.2, 0.25) is 0 Å². The Balaban J connectivity index is 1.98. The van der Waals surface area contributed by atoms with Gasteiger partial charge in [-0.2, -0.15) is 4.37 Å². The zero-order valence-electron chi connectivity index (χ0n) is 10.2. The Hall–Kier alpha value is -0.810. The number of nitrogen functional groups attached to an aromatic ring is 1. The van der Waals surface area contributed by atoms with Crippen molar-refractivity contribution in [3.05, 3.63) is 5.56 Å². The highest BCUT2D eigenvalue weighted by atomic mass is 32.1. The topological polar surface area (TPSA) is 45.4 Å². The molecule has 2 N–H and O–H groups in total. The first-order valence-electron chi connectivity index (χ1n) is 5.69. The molecule has 5 heteroatoms. The molecule has 90 valence electrons. The molecule has 1 aliphatic heterocycles. The van der Waals surface area contributed by atoms with Crippen LogP contribution >= 0.6 is 11.5 Å². The summed E-state index contributed by atoms with van der Waals surface area (Å²) in [6.07, 6.45) is 1.30. The van der Waals surface area contributed by atoms with Gasteiger partial charge in [0.15, 0.2) is 0 Å². The minimum atomic E-state index is 0.676. The van der Waals surface area contributed by atoms with Gasteiger partial charge in [0.05, 0.1) is 0 Å². The van der Waals surface area contributed by atoms with Crippen molar-refractivity contribution in [2.75, 3.05) is 44.4 Å². The molecule has 2 rings (SSSR count). The molecule has 1 aromatic rings. The molecule has 16 heavy (non-hydrogen) atoms. The molecule has 4 nitrogen and oxygen atoms in total. The van der Waals surface area contributed by atoms with E-state index in [0.717, 1.165) is 18.0 Å². The summed E-state index contributed by atoms with van der Waals surface area (Å²) in [7, 11) is 4.33. The summed E-state index contributed by atoms with van der Waals surface area (Å²) >= 11 is 1.51. The molecule has 1 aromatic heterocycles. The van der Waals surface area contributed by atoms with Crippen molar-refractivity contribution in [3.8, 4) is 0 Å². The number of hydrogen-bond donors (Lipinski definition) is 1. The van der Waals surface area contributed by atoms with Crippen LogP contribution in [0.25, 0.3) is 0 Å². The van der Waals surface area contributed by atoms with Crippen LogP contribution in [0, 0.1) is 12.8 Å². The third kappa shape index (κ3) is 2.30. The van der Waals surface area contributed by atoms with Gasteiger partial charge in [0.25, 0.3) is 0 Å². The molecule has 0 bridgehead atoms. The summed E-state index contributed by atoms with van der Waals surface area (Å²) in [5.74, 6) is 1.45. The van der Waals surface area contributed by atoms with Crippen molar-refractivity contribution >= 4 is 22.4 Å². The van der Waals surface area contributed by atoms with Crippen LogP contribution in [-0.4, -0.2) is 43.0 Å². The lowest BCUT2D eigenvalue weighted by Gasteiger charge is -2.21. The van der Waals surface area contributed by atoms with Crippen LogP contribution < -0.4 is 10.6 Å². The molecule has 0 saturated carbocycles. The molecular formula is C11H20N4S. The van der Waals surface area contributed by atoms with Gasteiger partial charge in [0.1, 0.15) is 10.8 Å². The summed E-state index contributed by atoms with van der Waals surface area (Å²) in [6.45, 7) is 5.58. The zero-order chi connectivity index (χ0) is 11.7. The average Bonchev–Trinajstić information content (AvgIpc) is 2.76. The van der Waals surface area contributed by atoms with Gasteiger partial charge in [-0.3, -0.25) is 0 Å². The largest absolute Gasteiger partial charge is 0.383 e. The predicted octanol–water partition coefficient (Wildman–Crippen LogP) is 1.42. The number of rotatable bonds is 3. The Kier molecular flexibility index (Phi) is 3.35. The molecule has 0 aliphatic carbocycles. The van der Waals surface area contributed by atoms with Crippen LogP contribution in [0.15, 0.2) is 0 Å². The smallest absolute Gasteiger partial charge is 0.142 e. The molecule has 1 unspecified atom stereocenters. The molecule has 0 radical (unpaired) electrons. The van der Waals surface area contributed by atoms with Crippen molar-refractivity contribution in [1.29, 1.82) is 0 Å². The van der Waals surface area contributed by atoms with E-state index >= 15 is 0 Å². The second kappa shape index (κ2) is 4.59. The van der Waals surface area contributed by atoms with Gasteiger partial charge < -0.3 is 15.5 Å². The summed E-state index contributed by atoms with van der Waals surface area (Å²) in [5, 5.41) is 1.21. The average molecular weight is 240 g/mol. The number of hydrogen-bond acceptors (Lipinski definition) is 5. The van der Waals surface area contributed by atoms with E-state index in [-0.39, 0.29) is 0 Å². The minimum absolute atomic E-state index is 0.676. The Morgan fingerprint density at radius 1 is 1.62 bits per heavy atom. The molecule has 1 aliphatic rings. The standard InChI is InChI=1S/C11H20N4S/c1-8-10(12)13-16-11(8)15(3)7-9-4-5-14(2)6-9/h9H,4-7H2,1-3H3,(H2,12,13). The molecule has 1 atom stereocenters. The normalized spacial score (nSPS) is 21.6. The molecule has 0 aromatic carbocycles. The van der Waals surface area contributed by atoms with Crippen LogP contribution in [0.1, 0.15) is 12.0 Å². The Morgan fingerprint density at radius 3 is 2.88 bits per heavy atom. The van der Waals surface area contributed by atoms with Crippen molar-refractivity contribution in [2.24, 2.45) is 5.92 Å². The maximum Gasteiger partial charge on any atom is 0.142 e. The SMILES string of the molecule is Cc1c(N)nsc1N(C)CC1CCN(C)C1. The predicted molar refractivity (Wildman–Crippen MR) is 70.1 cm³/mol. The van der Waals surface area contributed by atoms with E-state index in [4.69, 9.17) is 5.73 Å². The first-order chi connectivity index (χ1) is 7.58. The lowest BCUT2D eigenvalue weighted by atomic mass is 10.1. The minimum Gasteiger partial charge on any atom is -0.383 e. The van der Waals surface area contributed by atoms with E-state index in [1.165, 1.54) is 36.0 Å². The Labute approximate surface area is 101 Å². The number of nitrogens with two attached hydrogens (primary N) is 1. The molecule has 1 fully saturated rings. The van der Waals surface area contributed by atoms with E-state index in [1.807, 2.05) is 6.92 Å². The number of nitrogens with zero attached hydrogens (tertiary/aromatic N) is 3. The molecule has 1 saturated heterocycles. The van der Waals surface area contributed by atoms with E-state index in [0.29, 0.717) is 5.82 Å². The van der Waals surface area contributed by atoms with Crippen LogP contribution in [0.5, 0.6) is 0 Å². The lowest BCUT2D eigenvalue weighted by molar-refractivity contribution is 0.396. The highest BCUT2D eigenvalue weighted by molar-refractivity contribution is 7.10. The van der Waals surface area contributed by atoms with E-state index in [1.54, 1.807) is 0 Å². The zero-order valence-corrected chi connectivity index (χ0v) is 11.0. The molecule has 2 heterocycles. The van der Waals surface area contributed by atoms with Gasteiger partial charge in [-0.25, -0.2) is 0 Å². The second-order valence-electron chi connectivity index (χ2n) is 4.80. The summed E-state index contributed by atoms with van der Waals surface area (Å²) in [6, 6.07) is 0. The molecular weight excluding hydrogens is 220 g/mol. The molecule has 0 amide bonds. The fourth-order valence-electron chi connectivity index (χ4n) is 2.34. The van der Waals surface area contributed by atoms with E-state index in [9.17, 15) is 0 Å². The molecule has 0 spiro atoms. The van der Waals surface area contributed by atoms with Crippen molar-refractivity contribution in [2.45, 2.75) is 13.3 Å². The maximum atomic E-state index is 5.77. The van der Waals surface area contributed by atoms with Crippen LogP contribution in [0.3, 0.4) is 0 Å². The van der Waals surface area contributed by atoms with Gasteiger partial charge in [0.2, 0.25) is 0 Å². The van der Waals surface area contributed by atoms with Crippen molar-refractivity contribution < 1.29 is 0 Å². The number of aromatic nitrogens is 1. The third-order valence-corrected chi connectivity index (χ3v) is 4.38. The Morgan fingerprint density at radius 2 is 2.38 bits per heavy atom. The van der Waals surface area contributed by atoms with Crippen LogP contribution in [-0.2, 0) is 0 Å². The lowest BCUT2D eigenvalue weighted by Crippen LogP contribution is -2.27. The van der Waals surface area contributed by atoms with Gasteiger partial charge in [0, 0.05) is 25.7 Å². The van der Waals surface area contributed by atoms with Gasteiger partial charge >= 0.3 is 0 Å². The third-order valence-electron chi connectivity index (χ3n) is 3.30. The second-order valence-corrected chi connectivity index (χ2v) is 5.55. The monoisotopic (exact) mass is 240 g/mol. The van der Waals surface area contributed by atoms with E-state index in [2.05, 4.69) is 28.3 Å². The van der Waals surface area contributed by atoms with Crippen molar-refractivity contribution in [3.63, 3.8) is 0 Å². The van der Waals surface area contributed by atoms with Gasteiger partial charge in [-0.1, -0.05) is 0 Å². The van der Waals surface area contributed by atoms with Gasteiger partial charge in [-0.05, 0) is 44.4 Å². The van der Waals surface area contributed by atoms with Gasteiger partial charge in [-0.15, -0.1) is 0 Å². The number of likely N-dealkylation sites (tertiary alicyclic amines) is 1. The summed E-state index contributed by atoms with van der Waals surface area (Å²) in [5.41, 5.74) is 6.90. The highest BCUT2D eigenvalue weighted by Crippen LogP contribution is 2.29. The first-order valence-corrected chi connectivity index (χ1v) is 6.46. The fraction of sp³-hybridized carbons (Fsp3) is 0.727. The highest BCUT2D eigenvalue weighted by Gasteiger charge is 2.22. The van der Waals surface area contributed by atoms with E-state index < -0.39 is 0 Å². The van der Waals surface area contributed by atoms with Crippen molar-refractivity contribution in [1.82, 2.24) is 9.27 Å². The summed E-state index contributed by atoms with van der Waals surface area (Å²) in [4.78, 5) is 4.69. The van der Waals surface area contributed by atoms with Crippen LogP contribution in [0.4, 0.5) is 10.8 Å².